The van der Waals surface area contributed by atoms with Crippen molar-refractivity contribution in [3.63, 3.8) is 0 Å². The second-order valence-corrected chi connectivity index (χ2v) is 8.98. The number of fused-ring (bicyclic) bond motifs is 1. The first kappa shape index (κ1) is 23.0. The van der Waals surface area contributed by atoms with Gasteiger partial charge in [0, 0.05) is 42.9 Å². The number of nitrogens with one attached hydrogen (secondary N) is 2. The molecule has 1 aromatic carbocycles. The van der Waals surface area contributed by atoms with Crippen LogP contribution >= 0.6 is 12.4 Å². The number of imide groups is 1. The normalized spacial score (nSPS) is 24.9. The molecule has 0 bridgehead atoms. The van der Waals surface area contributed by atoms with Crippen molar-refractivity contribution >= 4 is 35.8 Å². The van der Waals surface area contributed by atoms with Crippen molar-refractivity contribution in [2.24, 2.45) is 0 Å². The highest BCUT2D eigenvalue weighted by atomic mass is 35.5. The molecule has 1 unspecified atom stereocenters. The second kappa shape index (κ2) is 9.77. The summed E-state index contributed by atoms with van der Waals surface area (Å²) in [7, 11) is 0. The minimum atomic E-state index is -0.574. The van der Waals surface area contributed by atoms with E-state index >= 15 is 0 Å². The average Bonchev–Trinajstić information content (AvgIpc) is 3.12. The van der Waals surface area contributed by atoms with Gasteiger partial charge in [-0.25, -0.2) is 0 Å². The maximum absolute atomic E-state index is 13.0. The summed E-state index contributed by atoms with van der Waals surface area (Å²) in [6.45, 7) is 4.30. The molecule has 4 aliphatic rings. The summed E-state index contributed by atoms with van der Waals surface area (Å²) < 4.78 is 6.34. The Morgan fingerprint density at radius 3 is 2.38 bits per heavy atom. The number of piperidine rings is 3. The molecule has 0 saturated carbocycles. The Bertz CT molecular complexity index is 881. The standard InChI is InChI=1S/C23H30N4O4.ClH/c28-21-5-4-20(22(29)25-21)27-14-18-17(23(27)30)2-1-3-19(18)26-12-8-16(9-13-26)31-15-6-10-24-11-7-15;/h1-3,15-16,20,24H,4-14H2,(H,25,28,29);1H. The SMILES string of the molecule is Cl.O=C1CCC(N2Cc3c(cccc3N3CCC(OC4CCNCC4)CC3)C2=O)C(=O)N1. The van der Waals surface area contributed by atoms with Gasteiger partial charge in [-0.15, -0.1) is 12.4 Å². The van der Waals surface area contributed by atoms with Gasteiger partial charge in [0.1, 0.15) is 6.04 Å². The molecule has 4 aliphatic heterocycles. The summed E-state index contributed by atoms with van der Waals surface area (Å²) >= 11 is 0. The Hall–Kier alpha value is -2.16. The number of ether oxygens (including phenoxy) is 1. The fourth-order valence-electron chi connectivity index (χ4n) is 5.30. The first-order chi connectivity index (χ1) is 15.1. The lowest BCUT2D eigenvalue weighted by Crippen LogP contribution is -2.52. The van der Waals surface area contributed by atoms with E-state index < -0.39 is 6.04 Å². The molecule has 0 radical (unpaired) electrons. The topological polar surface area (TPSA) is 91.0 Å². The lowest BCUT2D eigenvalue weighted by atomic mass is 10.0. The fourth-order valence-corrected chi connectivity index (χ4v) is 5.30. The Balaban J connectivity index is 0.00000245. The van der Waals surface area contributed by atoms with E-state index in [-0.39, 0.29) is 36.5 Å². The van der Waals surface area contributed by atoms with E-state index in [1.807, 2.05) is 12.1 Å². The zero-order valence-electron chi connectivity index (χ0n) is 18.2. The molecule has 2 N–H and O–H groups in total. The van der Waals surface area contributed by atoms with Crippen LogP contribution in [0.2, 0.25) is 0 Å². The third kappa shape index (κ3) is 4.49. The maximum atomic E-state index is 13.0. The average molecular weight is 463 g/mol. The molecule has 0 aliphatic carbocycles. The van der Waals surface area contributed by atoms with Crippen molar-refractivity contribution in [3.05, 3.63) is 29.3 Å². The molecule has 5 rings (SSSR count). The molecule has 1 atom stereocenters. The number of rotatable bonds is 4. The number of nitrogens with zero attached hydrogens (tertiary/aromatic N) is 2. The van der Waals surface area contributed by atoms with E-state index in [4.69, 9.17) is 4.74 Å². The van der Waals surface area contributed by atoms with Gasteiger partial charge < -0.3 is 19.9 Å². The highest BCUT2D eigenvalue weighted by Gasteiger charge is 2.40. The van der Waals surface area contributed by atoms with Gasteiger partial charge in [0.15, 0.2) is 0 Å². The van der Waals surface area contributed by atoms with Crippen LogP contribution in [0, 0.1) is 0 Å². The summed E-state index contributed by atoms with van der Waals surface area (Å²) in [4.78, 5) is 40.8. The number of carbonyl (C=O) groups is 3. The molecular formula is C23H31ClN4O4. The summed E-state index contributed by atoms with van der Waals surface area (Å²) in [5, 5.41) is 5.75. The summed E-state index contributed by atoms with van der Waals surface area (Å²) in [6, 6.07) is 5.28. The molecule has 1 aromatic rings. The molecule has 0 spiro atoms. The van der Waals surface area contributed by atoms with Gasteiger partial charge in [-0.1, -0.05) is 6.07 Å². The zero-order chi connectivity index (χ0) is 21.4. The van der Waals surface area contributed by atoms with E-state index in [9.17, 15) is 14.4 Å². The van der Waals surface area contributed by atoms with Crippen molar-refractivity contribution in [1.29, 1.82) is 0 Å². The fraction of sp³-hybridized carbons (Fsp3) is 0.609. The second-order valence-electron chi connectivity index (χ2n) is 8.98. The van der Waals surface area contributed by atoms with Crippen molar-refractivity contribution in [3.8, 4) is 0 Å². The molecule has 8 nitrogen and oxygen atoms in total. The van der Waals surface area contributed by atoms with Gasteiger partial charge >= 0.3 is 0 Å². The van der Waals surface area contributed by atoms with E-state index in [1.165, 1.54) is 0 Å². The van der Waals surface area contributed by atoms with Crippen LogP contribution in [0.15, 0.2) is 18.2 Å². The van der Waals surface area contributed by atoms with Crippen molar-refractivity contribution < 1.29 is 19.1 Å². The van der Waals surface area contributed by atoms with Crippen LogP contribution in [0.4, 0.5) is 5.69 Å². The number of amides is 3. The highest BCUT2D eigenvalue weighted by molar-refractivity contribution is 6.06. The van der Waals surface area contributed by atoms with E-state index in [0.717, 1.165) is 63.1 Å². The lowest BCUT2D eigenvalue weighted by Gasteiger charge is -2.37. The van der Waals surface area contributed by atoms with Gasteiger partial charge in [-0.05, 0) is 57.3 Å². The number of hydrogen-bond donors (Lipinski definition) is 2. The van der Waals surface area contributed by atoms with Crippen LogP contribution in [0.1, 0.15) is 54.4 Å². The maximum Gasteiger partial charge on any atom is 0.255 e. The van der Waals surface area contributed by atoms with Crippen LogP contribution in [-0.4, -0.2) is 67.1 Å². The number of halogens is 1. The minimum absolute atomic E-state index is 0. The summed E-state index contributed by atoms with van der Waals surface area (Å²) in [5.74, 6) is -0.744. The Kier molecular flexibility index (Phi) is 7.02. The molecular weight excluding hydrogens is 432 g/mol. The molecule has 32 heavy (non-hydrogen) atoms. The number of carbonyl (C=O) groups excluding carboxylic acids is 3. The predicted molar refractivity (Wildman–Crippen MR) is 122 cm³/mol. The number of anilines is 1. The largest absolute Gasteiger partial charge is 0.375 e. The minimum Gasteiger partial charge on any atom is -0.375 e. The van der Waals surface area contributed by atoms with Crippen molar-refractivity contribution in [1.82, 2.24) is 15.5 Å². The molecule has 3 saturated heterocycles. The highest BCUT2D eigenvalue weighted by Crippen LogP contribution is 2.35. The van der Waals surface area contributed by atoms with E-state index in [2.05, 4.69) is 21.6 Å². The Labute approximate surface area is 194 Å². The molecule has 3 fully saturated rings. The van der Waals surface area contributed by atoms with Crippen LogP contribution in [-0.2, 0) is 20.9 Å². The van der Waals surface area contributed by atoms with Crippen molar-refractivity contribution in [2.45, 2.75) is 63.3 Å². The van der Waals surface area contributed by atoms with E-state index in [1.54, 1.807) is 4.90 Å². The first-order valence-corrected chi connectivity index (χ1v) is 11.5. The summed E-state index contributed by atoms with van der Waals surface area (Å²) in [5.41, 5.74) is 2.76. The van der Waals surface area contributed by atoms with Crippen molar-refractivity contribution in [2.75, 3.05) is 31.1 Å². The quantitative estimate of drug-likeness (QED) is 0.660. The van der Waals surface area contributed by atoms with Gasteiger partial charge in [0.2, 0.25) is 11.8 Å². The van der Waals surface area contributed by atoms with Gasteiger partial charge in [0.05, 0.1) is 12.2 Å². The van der Waals surface area contributed by atoms with Crippen LogP contribution < -0.4 is 15.5 Å². The predicted octanol–water partition coefficient (Wildman–Crippen LogP) is 1.61. The number of hydrogen-bond acceptors (Lipinski definition) is 6. The van der Waals surface area contributed by atoms with Crippen LogP contribution in [0.5, 0.6) is 0 Å². The summed E-state index contributed by atoms with van der Waals surface area (Å²) in [6.07, 6.45) is 5.48. The zero-order valence-corrected chi connectivity index (χ0v) is 19.0. The van der Waals surface area contributed by atoms with E-state index in [0.29, 0.717) is 30.7 Å². The monoisotopic (exact) mass is 462 g/mol. The Morgan fingerprint density at radius 1 is 0.938 bits per heavy atom. The first-order valence-electron chi connectivity index (χ1n) is 11.5. The third-order valence-electron chi connectivity index (χ3n) is 7.01. The Morgan fingerprint density at radius 2 is 1.66 bits per heavy atom. The molecule has 0 aromatic heterocycles. The number of benzene rings is 1. The molecule has 4 heterocycles. The van der Waals surface area contributed by atoms with Crippen LogP contribution in [0.3, 0.4) is 0 Å². The molecule has 174 valence electrons. The van der Waals surface area contributed by atoms with Gasteiger partial charge in [-0.3, -0.25) is 19.7 Å². The van der Waals surface area contributed by atoms with Crippen LogP contribution in [0.25, 0.3) is 0 Å². The van der Waals surface area contributed by atoms with Gasteiger partial charge in [0.25, 0.3) is 5.91 Å². The third-order valence-corrected chi connectivity index (χ3v) is 7.01. The molecule has 3 amide bonds. The van der Waals surface area contributed by atoms with Gasteiger partial charge in [-0.2, -0.15) is 0 Å². The smallest absolute Gasteiger partial charge is 0.255 e. The lowest BCUT2D eigenvalue weighted by molar-refractivity contribution is -0.136. The molecule has 9 heteroatoms.